The van der Waals surface area contributed by atoms with Gasteiger partial charge in [0.15, 0.2) is 0 Å². The van der Waals surface area contributed by atoms with Crippen molar-refractivity contribution in [3.05, 3.63) is 48.2 Å². The first kappa shape index (κ1) is 15.3. The average molecular weight is 308 g/mol. The fourth-order valence-corrected chi connectivity index (χ4v) is 2.86. The van der Waals surface area contributed by atoms with Gasteiger partial charge in [-0.25, -0.2) is 4.98 Å². The third kappa shape index (κ3) is 3.79. The molecule has 0 aliphatic carbocycles. The summed E-state index contributed by atoms with van der Waals surface area (Å²) in [7, 11) is 0. The van der Waals surface area contributed by atoms with Crippen molar-refractivity contribution in [2.45, 2.75) is 26.1 Å². The summed E-state index contributed by atoms with van der Waals surface area (Å²) in [6.45, 7) is 6.02. The summed E-state index contributed by atoms with van der Waals surface area (Å²) in [5.41, 5.74) is 2.55. The van der Waals surface area contributed by atoms with Gasteiger partial charge in [-0.2, -0.15) is 5.26 Å². The summed E-state index contributed by atoms with van der Waals surface area (Å²) in [4.78, 5) is 6.56. The van der Waals surface area contributed by atoms with Crippen LogP contribution >= 0.6 is 0 Å². The smallest absolute Gasteiger partial charge is 0.142 e. The monoisotopic (exact) mass is 308 g/mol. The molecule has 1 fully saturated rings. The van der Waals surface area contributed by atoms with Crippen molar-refractivity contribution in [3.8, 4) is 6.07 Å². The van der Waals surface area contributed by atoms with Crippen LogP contribution in [-0.2, 0) is 4.74 Å². The Labute approximate surface area is 136 Å². The molecule has 1 aliphatic heterocycles. The van der Waals surface area contributed by atoms with Gasteiger partial charge in [-0.3, -0.25) is 0 Å². The number of benzene rings is 1. The zero-order valence-corrected chi connectivity index (χ0v) is 13.4. The van der Waals surface area contributed by atoms with Crippen LogP contribution in [0.1, 0.15) is 19.5 Å². The van der Waals surface area contributed by atoms with E-state index in [1.165, 1.54) is 5.69 Å². The molecule has 1 saturated heterocycles. The number of pyridine rings is 1. The van der Waals surface area contributed by atoms with E-state index in [4.69, 9.17) is 10.00 Å². The van der Waals surface area contributed by atoms with Crippen LogP contribution in [-0.4, -0.2) is 30.3 Å². The van der Waals surface area contributed by atoms with Crippen LogP contribution in [0.25, 0.3) is 0 Å². The van der Waals surface area contributed by atoms with Crippen LogP contribution < -0.4 is 10.2 Å². The Bertz CT molecular complexity index is 698. The molecule has 1 aromatic carbocycles. The van der Waals surface area contributed by atoms with Crippen LogP contribution in [0.4, 0.5) is 17.2 Å². The van der Waals surface area contributed by atoms with E-state index in [2.05, 4.69) is 41.2 Å². The first-order valence-electron chi connectivity index (χ1n) is 7.78. The van der Waals surface area contributed by atoms with E-state index >= 15 is 0 Å². The second-order valence-corrected chi connectivity index (χ2v) is 5.85. The van der Waals surface area contributed by atoms with Crippen LogP contribution in [0.15, 0.2) is 42.5 Å². The van der Waals surface area contributed by atoms with E-state index in [1.807, 2.05) is 30.3 Å². The predicted octanol–water partition coefficient (Wildman–Crippen LogP) is 3.31. The lowest BCUT2D eigenvalue weighted by atomic mass is 10.2. The summed E-state index contributed by atoms with van der Waals surface area (Å²) in [5, 5.41) is 12.1. The number of morpholine rings is 1. The van der Waals surface area contributed by atoms with Crippen molar-refractivity contribution in [2.75, 3.05) is 23.3 Å². The molecule has 2 aromatic rings. The van der Waals surface area contributed by atoms with Gasteiger partial charge >= 0.3 is 0 Å². The number of rotatable bonds is 3. The van der Waals surface area contributed by atoms with Crippen LogP contribution in [0.2, 0.25) is 0 Å². The van der Waals surface area contributed by atoms with Crippen LogP contribution in [0.3, 0.4) is 0 Å². The molecule has 0 saturated carbocycles. The number of nitriles is 1. The highest BCUT2D eigenvalue weighted by molar-refractivity contribution is 5.61. The highest BCUT2D eigenvalue weighted by Gasteiger charge is 2.22. The van der Waals surface area contributed by atoms with E-state index in [0.29, 0.717) is 11.5 Å². The van der Waals surface area contributed by atoms with Crippen molar-refractivity contribution in [2.24, 2.45) is 0 Å². The van der Waals surface area contributed by atoms with Gasteiger partial charge in [-0.1, -0.05) is 6.07 Å². The molecule has 23 heavy (non-hydrogen) atoms. The molecule has 2 unspecified atom stereocenters. The molecular weight excluding hydrogens is 288 g/mol. The fourth-order valence-electron chi connectivity index (χ4n) is 2.86. The maximum atomic E-state index is 8.90. The number of nitrogens with one attached hydrogen (secondary N) is 1. The van der Waals surface area contributed by atoms with E-state index in [0.717, 1.165) is 18.8 Å². The number of aromatic nitrogens is 1. The van der Waals surface area contributed by atoms with Gasteiger partial charge in [0.2, 0.25) is 0 Å². The Hall–Kier alpha value is -2.58. The third-order valence-corrected chi connectivity index (χ3v) is 3.79. The number of hydrogen-bond acceptors (Lipinski definition) is 5. The SMILES string of the molecule is CC1CN(c2ccc(Nc3cccc(C#N)n3)cc2)CC(C)O1. The minimum Gasteiger partial charge on any atom is -0.372 e. The normalized spacial score (nSPS) is 20.8. The lowest BCUT2D eigenvalue weighted by Crippen LogP contribution is -2.45. The van der Waals surface area contributed by atoms with Gasteiger partial charge in [0, 0.05) is 24.5 Å². The molecule has 2 atom stereocenters. The highest BCUT2D eigenvalue weighted by Crippen LogP contribution is 2.23. The zero-order valence-electron chi connectivity index (χ0n) is 13.4. The maximum Gasteiger partial charge on any atom is 0.142 e. The summed E-state index contributed by atoms with van der Waals surface area (Å²) >= 11 is 0. The summed E-state index contributed by atoms with van der Waals surface area (Å²) in [6.07, 6.45) is 0.490. The molecule has 5 heteroatoms. The number of anilines is 3. The molecule has 1 N–H and O–H groups in total. The first-order valence-corrected chi connectivity index (χ1v) is 7.78. The summed E-state index contributed by atoms with van der Waals surface area (Å²) < 4.78 is 5.77. The van der Waals surface area contributed by atoms with Gasteiger partial charge in [0.05, 0.1) is 12.2 Å². The molecule has 1 aromatic heterocycles. The third-order valence-electron chi connectivity index (χ3n) is 3.79. The Kier molecular flexibility index (Phi) is 4.45. The van der Waals surface area contributed by atoms with E-state index < -0.39 is 0 Å². The lowest BCUT2D eigenvalue weighted by molar-refractivity contribution is -0.00521. The van der Waals surface area contributed by atoms with Crippen molar-refractivity contribution in [1.82, 2.24) is 4.98 Å². The Morgan fingerprint density at radius 2 is 1.83 bits per heavy atom. The van der Waals surface area contributed by atoms with Crippen molar-refractivity contribution in [3.63, 3.8) is 0 Å². The molecule has 0 bridgehead atoms. The molecule has 3 rings (SSSR count). The fraction of sp³-hybridized carbons (Fsp3) is 0.333. The molecule has 118 valence electrons. The standard InChI is InChI=1S/C18H20N4O/c1-13-11-22(12-14(2)23-13)17-8-6-15(7-9-17)20-18-5-3-4-16(10-19)21-18/h3-9,13-14H,11-12H2,1-2H3,(H,20,21). The maximum absolute atomic E-state index is 8.90. The molecular formula is C18H20N4O. The summed E-state index contributed by atoms with van der Waals surface area (Å²) in [5.74, 6) is 0.672. The van der Waals surface area contributed by atoms with Gasteiger partial charge in [0.25, 0.3) is 0 Å². The van der Waals surface area contributed by atoms with Gasteiger partial charge in [0.1, 0.15) is 17.6 Å². The minimum atomic E-state index is 0.245. The first-order chi connectivity index (χ1) is 11.1. The Balaban J connectivity index is 1.70. The quantitative estimate of drug-likeness (QED) is 0.942. The second-order valence-electron chi connectivity index (χ2n) is 5.85. The van der Waals surface area contributed by atoms with Crippen LogP contribution in [0, 0.1) is 11.3 Å². The average Bonchev–Trinajstić information content (AvgIpc) is 2.55. The van der Waals surface area contributed by atoms with Crippen LogP contribution in [0.5, 0.6) is 0 Å². The van der Waals surface area contributed by atoms with E-state index in [-0.39, 0.29) is 12.2 Å². The molecule has 1 aliphatic rings. The van der Waals surface area contributed by atoms with Gasteiger partial charge in [-0.05, 0) is 50.2 Å². The van der Waals surface area contributed by atoms with Crippen molar-refractivity contribution < 1.29 is 4.74 Å². The van der Waals surface area contributed by atoms with E-state index in [1.54, 1.807) is 6.07 Å². The van der Waals surface area contributed by atoms with Gasteiger partial charge < -0.3 is 15.0 Å². The van der Waals surface area contributed by atoms with Gasteiger partial charge in [-0.15, -0.1) is 0 Å². The predicted molar refractivity (Wildman–Crippen MR) is 90.9 cm³/mol. The number of ether oxygens (including phenoxy) is 1. The number of hydrogen-bond donors (Lipinski definition) is 1. The minimum absolute atomic E-state index is 0.245. The Morgan fingerprint density at radius 1 is 1.13 bits per heavy atom. The summed E-state index contributed by atoms with van der Waals surface area (Å²) in [6, 6.07) is 15.7. The van der Waals surface area contributed by atoms with Crippen molar-refractivity contribution >= 4 is 17.2 Å². The molecule has 0 radical (unpaired) electrons. The molecule has 5 nitrogen and oxygen atoms in total. The van der Waals surface area contributed by atoms with E-state index in [9.17, 15) is 0 Å². The zero-order chi connectivity index (χ0) is 16.2. The molecule has 0 spiro atoms. The second kappa shape index (κ2) is 6.67. The largest absolute Gasteiger partial charge is 0.372 e. The Morgan fingerprint density at radius 3 is 2.48 bits per heavy atom. The highest BCUT2D eigenvalue weighted by atomic mass is 16.5. The number of nitrogens with zero attached hydrogens (tertiary/aromatic N) is 3. The topological polar surface area (TPSA) is 61.2 Å². The molecule has 2 heterocycles. The molecule has 0 amide bonds. The van der Waals surface area contributed by atoms with Crippen molar-refractivity contribution in [1.29, 1.82) is 5.26 Å². The lowest BCUT2D eigenvalue weighted by Gasteiger charge is -2.36.